The number of rotatable bonds is 3. The molecular formula is C7H10F2N2S. The number of hydrogen-bond acceptors (Lipinski definition) is 3. The topological polar surface area (TPSA) is 38.9 Å². The van der Waals surface area contributed by atoms with E-state index in [1.165, 1.54) is 16.7 Å². The lowest BCUT2D eigenvalue weighted by Gasteiger charge is -2.04. The van der Waals surface area contributed by atoms with E-state index in [4.69, 9.17) is 5.73 Å². The standard InChI is InChI=1S/C7H10F2N2S/c1-7(8,9)5-4-12-6(11-5)2-3-10/h4H,2-3,10H2,1H3. The quantitative estimate of drug-likeness (QED) is 0.792. The van der Waals surface area contributed by atoms with Gasteiger partial charge in [-0.3, -0.25) is 0 Å². The average molecular weight is 192 g/mol. The zero-order valence-corrected chi connectivity index (χ0v) is 7.50. The van der Waals surface area contributed by atoms with Crippen molar-refractivity contribution in [1.29, 1.82) is 0 Å². The fourth-order valence-electron chi connectivity index (χ4n) is 0.751. The maximum atomic E-state index is 12.6. The lowest BCUT2D eigenvalue weighted by Crippen LogP contribution is -2.08. The number of nitrogens with zero attached hydrogens (tertiary/aromatic N) is 1. The second kappa shape index (κ2) is 3.45. The van der Waals surface area contributed by atoms with E-state index >= 15 is 0 Å². The number of halogens is 2. The number of thiazole rings is 1. The largest absolute Gasteiger partial charge is 0.330 e. The highest BCUT2D eigenvalue weighted by Crippen LogP contribution is 2.27. The van der Waals surface area contributed by atoms with Gasteiger partial charge in [0.2, 0.25) is 0 Å². The summed E-state index contributed by atoms with van der Waals surface area (Å²) in [7, 11) is 0. The Bertz CT molecular complexity index is 254. The normalized spacial score (nSPS) is 12.0. The Morgan fingerprint density at radius 3 is 2.75 bits per heavy atom. The maximum absolute atomic E-state index is 12.6. The molecule has 0 saturated carbocycles. The molecule has 5 heteroatoms. The summed E-state index contributed by atoms with van der Waals surface area (Å²) in [6, 6.07) is 0. The molecule has 68 valence electrons. The predicted octanol–water partition coefficient (Wildman–Crippen LogP) is 1.76. The highest BCUT2D eigenvalue weighted by atomic mass is 32.1. The van der Waals surface area contributed by atoms with Crippen LogP contribution in [-0.4, -0.2) is 11.5 Å². The van der Waals surface area contributed by atoms with Crippen LogP contribution in [-0.2, 0) is 12.3 Å². The number of alkyl halides is 2. The first-order valence-electron chi connectivity index (χ1n) is 3.57. The molecule has 0 amide bonds. The molecule has 0 bridgehead atoms. The van der Waals surface area contributed by atoms with Gasteiger partial charge in [-0.25, -0.2) is 4.98 Å². The molecule has 0 fully saturated rings. The van der Waals surface area contributed by atoms with Crippen LogP contribution in [0.2, 0.25) is 0 Å². The van der Waals surface area contributed by atoms with Gasteiger partial charge in [-0.2, -0.15) is 8.78 Å². The first-order valence-corrected chi connectivity index (χ1v) is 4.45. The summed E-state index contributed by atoms with van der Waals surface area (Å²) in [6.07, 6.45) is 0.570. The number of nitrogens with two attached hydrogens (primary N) is 1. The molecule has 1 rings (SSSR count). The Kier molecular flexibility index (Phi) is 2.74. The predicted molar refractivity (Wildman–Crippen MR) is 44.4 cm³/mol. The van der Waals surface area contributed by atoms with Crippen molar-refractivity contribution >= 4 is 11.3 Å². The number of aromatic nitrogens is 1. The summed E-state index contributed by atoms with van der Waals surface area (Å²) in [5.74, 6) is -2.83. The minimum atomic E-state index is -2.83. The molecule has 1 heterocycles. The van der Waals surface area contributed by atoms with Gasteiger partial charge in [0.15, 0.2) is 0 Å². The lowest BCUT2D eigenvalue weighted by atomic mass is 10.3. The summed E-state index contributed by atoms with van der Waals surface area (Å²) in [5, 5.41) is 2.05. The third kappa shape index (κ3) is 2.22. The van der Waals surface area contributed by atoms with E-state index < -0.39 is 5.92 Å². The van der Waals surface area contributed by atoms with Gasteiger partial charge in [-0.05, 0) is 6.54 Å². The van der Waals surface area contributed by atoms with Crippen LogP contribution in [0.4, 0.5) is 8.78 Å². The van der Waals surface area contributed by atoms with Gasteiger partial charge in [0.05, 0.1) is 5.01 Å². The highest BCUT2D eigenvalue weighted by Gasteiger charge is 2.27. The molecule has 0 saturated heterocycles. The minimum Gasteiger partial charge on any atom is -0.330 e. The molecule has 1 aromatic rings. The van der Waals surface area contributed by atoms with Crippen LogP contribution in [0, 0.1) is 0 Å². The Morgan fingerprint density at radius 1 is 1.67 bits per heavy atom. The van der Waals surface area contributed by atoms with Crippen LogP contribution in [0.1, 0.15) is 17.6 Å². The molecule has 0 aliphatic carbocycles. The van der Waals surface area contributed by atoms with Crippen molar-refractivity contribution in [2.75, 3.05) is 6.54 Å². The summed E-state index contributed by atoms with van der Waals surface area (Å²) in [4.78, 5) is 3.76. The van der Waals surface area contributed by atoms with Crippen LogP contribution in [0.5, 0.6) is 0 Å². The smallest absolute Gasteiger partial charge is 0.287 e. The summed E-state index contributed by atoms with van der Waals surface area (Å²) in [5.41, 5.74) is 5.10. The van der Waals surface area contributed by atoms with Gasteiger partial charge in [0.25, 0.3) is 5.92 Å². The molecule has 0 spiro atoms. The molecule has 2 nitrogen and oxygen atoms in total. The van der Waals surface area contributed by atoms with Crippen molar-refractivity contribution in [3.05, 3.63) is 16.1 Å². The molecule has 0 atom stereocenters. The van der Waals surface area contributed by atoms with Gasteiger partial charge in [-0.15, -0.1) is 11.3 Å². The Morgan fingerprint density at radius 2 is 2.33 bits per heavy atom. The SMILES string of the molecule is CC(F)(F)c1csc(CCN)n1. The van der Waals surface area contributed by atoms with E-state index in [2.05, 4.69) is 4.98 Å². The lowest BCUT2D eigenvalue weighted by molar-refractivity contribution is 0.0133. The fraction of sp³-hybridized carbons (Fsp3) is 0.571. The first kappa shape index (κ1) is 9.54. The van der Waals surface area contributed by atoms with Crippen molar-refractivity contribution < 1.29 is 8.78 Å². The monoisotopic (exact) mass is 192 g/mol. The first-order chi connectivity index (χ1) is 5.54. The third-order valence-electron chi connectivity index (χ3n) is 1.36. The van der Waals surface area contributed by atoms with Gasteiger partial charge >= 0.3 is 0 Å². The molecule has 1 aromatic heterocycles. The molecule has 0 radical (unpaired) electrons. The van der Waals surface area contributed by atoms with Crippen molar-refractivity contribution in [2.45, 2.75) is 19.3 Å². The zero-order valence-electron chi connectivity index (χ0n) is 6.68. The molecule has 0 aliphatic rings. The van der Waals surface area contributed by atoms with Crippen molar-refractivity contribution in [1.82, 2.24) is 4.98 Å². The molecule has 0 aliphatic heterocycles. The van der Waals surface area contributed by atoms with E-state index in [1.807, 2.05) is 0 Å². The van der Waals surface area contributed by atoms with Gasteiger partial charge < -0.3 is 5.73 Å². The zero-order chi connectivity index (χ0) is 9.19. The van der Waals surface area contributed by atoms with E-state index in [1.54, 1.807) is 0 Å². The molecule has 12 heavy (non-hydrogen) atoms. The van der Waals surface area contributed by atoms with Crippen LogP contribution in [0.15, 0.2) is 5.38 Å². The molecule has 0 unspecified atom stereocenters. The van der Waals surface area contributed by atoms with Gasteiger partial charge in [0.1, 0.15) is 5.69 Å². The van der Waals surface area contributed by atoms with E-state index in [0.717, 1.165) is 6.92 Å². The molecule has 2 N–H and O–H groups in total. The summed E-state index contributed by atoms with van der Waals surface area (Å²) < 4.78 is 25.2. The second-order valence-electron chi connectivity index (χ2n) is 2.55. The van der Waals surface area contributed by atoms with E-state index in [-0.39, 0.29) is 5.69 Å². The van der Waals surface area contributed by atoms with E-state index in [0.29, 0.717) is 18.0 Å². The van der Waals surface area contributed by atoms with Crippen molar-refractivity contribution in [2.24, 2.45) is 5.73 Å². The summed E-state index contributed by atoms with van der Waals surface area (Å²) >= 11 is 1.23. The van der Waals surface area contributed by atoms with Crippen LogP contribution in [0.25, 0.3) is 0 Å². The van der Waals surface area contributed by atoms with E-state index in [9.17, 15) is 8.78 Å². The summed E-state index contributed by atoms with van der Waals surface area (Å²) in [6.45, 7) is 1.29. The Hall–Kier alpha value is -0.550. The molecule has 0 aromatic carbocycles. The Labute approximate surface area is 73.4 Å². The Balaban J connectivity index is 2.77. The maximum Gasteiger partial charge on any atom is 0.287 e. The van der Waals surface area contributed by atoms with Crippen LogP contribution in [0.3, 0.4) is 0 Å². The second-order valence-corrected chi connectivity index (χ2v) is 3.50. The van der Waals surface area contributed by atoms with Gasteiger partial charge in [-0.1, -0.05) is 0 Å². The minimum absolute atomic E-state index is 0.157. The highest BCUT2D eigenvalue weighted by molar-refractivity contribution is 7.09. The molecular weight excluding hydrogens is 182 g/mol. The van der Waals surface area contributed by atoms with Gasteiger partial charge in [0, 0.05) is 18.7 Å². The average Bonchev–Trinajstić information content (AvgIpc) is 2.35. The third-order valence-corrected chi connectivity index (χ3v) is 2.27. The number of hydrogen-bond donors (Lipinski definition) is 1. The van der Waals surface area contributed by atoms with Crippen molar-refractivity contribution in [3.63, 3.8) is 0 Å². The van der Waals surface area contributed by atoms with Crippen molar-refractivity contribution in [3.8, 4) is 0 Å². The van der Waals surface area contributed by atoms with Crippen LogP contribution < -0.4 is 5.73 Å². The van der Waals surface area contributed by atoms with Crippen LogP contribution >= 0.6 is 11.3 Å². The fourth-order valence-corrected chi connectivity index (χ4v) is 1.64.